The molecule has 0 spiro atoms. The molecule has 1 unspecified atom stereocenters. The van der Waals surface area contributed by atoms with E-state index in [0.717, 1.165) is 11.3 Å². The van der Waals surface area contributed by atoms with Crippen LogP contribution in [-0.2, 0) is 6.54 Å². The molecule has 1 aromatic heterocycles. The van der Waals surface area contributed by atoms with E-state index in [4.69, 9.17) is 4.52 Å². The number of halogens is 3. The fourth-order valence-electron chi connectivity index (χ4n) is 2.20. The molecule has 6 heteroatoms. The largest absolute Gasteiger partial charge is 0.361 e. The van der Waals surface area contributed by atoms with Crippen molar-refractivity contribution < 1.29 is 13.3 Å². The molecule has 0 aliphatic carbocycles. The van der Waals surface area contributed by atoms with Gasteiger partial charge in [-0.15, -0.1) is 0 Å². The second-order valence-electron chi connectivity index (χ2n) is 4.66. The Labute approximate surface area is 124 Å². The quantitative estimate of drug-likeness (QED) is 0.845. The van der Waals surface area contributed by atoms with Crippen molar-refractivity contribution in [3.63, 3.8) is 0 Å². The van der Waals surface area contributed by atoms with Gasteiger partial charge >= 0.3 is 0 Å². The van der Waals surface area contributed by atoms with Gasteiger partial charge in [0, 0.05) is 23.7 Å². The summed E-state index contributed by atoms with van der Waals surface area (Å²) in [6, 6.07) is 2.48. The summed E-state index contributed by atoms with van der Waals surface area (Å²) >= 11 is 3.05. The third-order valence-corrected chi connectivity index (χ3v) is 3.86. The van der Waals surface area contributed by atoms with E-state index in [1.807, 2.05) is 20.8 Å². The average molecular weight is 345 g/mol. The normalized spacial score (nSPS) is 12.7. The first-order valence-corrected chi connectivity index (χ1v) is 6.99. The van der Waals surface area contributed by atoms with Crippen LogP contribution in [0.15, 0.2) is 21.1 Å². The van der Waals surface area contributed by atoms with Gasteiger partial charge in [0.05, 0.1) is 10.2 Å². The van der Waals surface area contributed by atoms with Gasteiger partial charge in [0.15, 0.2) is 0 Å². The molecule has 0 saturated carbocycles. The van der Waals surface area contributed by atoms with Gasteiger partial charge in [0.25, 0.3) is 0 Å². The Morgan fingerprint density at radius 2 is 2.05 bits per heavy atom. The van der Waals surface area contributed by atoms with Crippen molar-refractivity contribution in [3.05, 3.63) is 50.8 Å². The van der Waals surface area contributed by atoms with Crippen LogP contribution in [0.3, 0.4) is 0 Å². The monoisotopic (exact) mass is 344 g/mol. The van der Waals surface area contributed by atoms with Crippen LogP contribution in [0.2, 0.25) is 0 Å². The molecule has 1 N–H and O–H groups in total. The smallest absolute Gasteiger partial charge is 0.144 e. The summed E-state index contributed by atoms with van der Waals surface area (Å²) in [6.45, 7) is 5.64. The van der Waals surface area contributed by atoms with Gasteiger partial charge in [0.2, 0.25) is 0 Å². The summed E-state index contributed by atoms with van der Waals surface area (Å²) < 4.78 is 32.8. The number of aromatic nitrogens is 1. The zero-order chi connectivity index (χ0) is 14.9. The van der Waals surface area contributed by atoms with Gasteiger partial charge in [-0.05, 0) is 48.8 Å². The van der Waals surface area contributed by atoms with E-state index in [9.17, 15) is 8.78 Å². The maximum Gasteiger partial charge on any atom is 0.144 e. The molecule has 3 nitrogen and oxygen atoms in total. The third-order valence-electron chi connectivity index (χ3n) is 3.25. The molecular weight excluding hydrogens is 330 g/mol. The summed E-state index contributed by atoms with van der Waals surface area (Å²) in [6.07, 6.45) is 0. The van der Waals surface area contributed by atoms with Crippen LogP contribution in [0.25, 0.3) is 0 Å². The summed E-state index contributed by atoms with van der Waals surface area (Å²) in [4.78, 5) is 0. The maximum atomic E-state index is 13.9. The predicted octanol–water partition coefficient (Wildman–Crippen LogP) is 4.18. The Morgan fingerprint density at radius 1 is 1.35 bits per heavy atom. The number of aryl methyl sites for hydroxylation is 2. The van der Waals surface area contributed by atoms with Crippen molar-refractivity contribution in [3.8, 4) is 0 Å². The Kier molecular flexibility index (Phi) is 4.55. The van der Waals surface area contributed by atoms with Crippen molar-refractivity contribution in [2.24, 2.45) is 0 Å². The zero-order valence-electron chi connectivity index (χ0n) is 11.4. The predicted molar refractivity (Wildman–Crippen MR) is 75.3 cm³/mol. The van der Waals surface area contributed by atoms with Crippen LogP contribution in [-0.4, -0.2) is 5.16 Å². The van der Waals surface area contributed by atoms with Gasteiger partial charge in [-0.1, -0.05) is 5.16 Å². The molecule has 1 aromatic carbocycles. The molecule has 0 aliphatic heterocycles. The lowest BCUT2D eigenvalue weighted by molar-refractivity contribution is 0.390. The molecular formula is C14H15BrF2N2O. The molecule has 0 radical (unpaired) electrons. The standard InChI is InChI=1S/C14H15BrF2N2O/c1-7(13-8(2)19-20-9(13)3)18-6-10-12(16)5-4-11(15)14(10)17/h4-5,7,18H,6H2,1-3H3. The number of rotatable bonds is 4. The van der Waals surface area contributed by atoms with Gasteiger partial charge in [-0.25, -0.2) is 8.78 Å². The zero-order valence-corrected chi connectivity index (χ0v) is 13.0. The first-order valence-electron chi connectivity index (χ1n) is 6.20. The van der Waals surface area contributed by atoms with Gasteiger partial charge in [-0.2, -0.15) is 0 Å². The van der Waals surface area contributed by atoms with Crippen molar-refractivity contribution in [1.29, 1.82) is 0 Å². The topological polar surface area (TPSA) is 38.1 Å². The molecule has 1 atom stereocenters. The minimum Gasteiger partial charge on any atom is -0.361 e. The van der Waals surface area contributed by atoms with E-state index in [-0.39, 0.29) is 22.6 Å². The molecule has 2 rings (SSSR count). The lowest BCUT2D eigenvalue weighted by Crippen LogP contribution is -2.20. The Morgan fingerprint density at radius 3 is 2.65 bits per heavy atom. The van der Waals surface area contributed by atoms with E-state index >= 15 is 0 Å². The van der Waals surface area contributed by atoms with Crippen molar-refractivity contribution in [2.75, 3.05) is 0 Å². The van der Waals surface area contributed by atoms with Crippen molar-refractivity contribution in [2.45, 2.75) is 33.4 Å². The van der Waals surface area contributed by atoms with E-state index < -0.39 is 11.6 Å². The van der Waals surface area contributed by atoms with Crippen molar-refractivity contribution >= 4 is 15.9 Å². The molecule has 0 saturated heterocycles. The fraction of sp³-hybridized carbons (Fsp3) is 0.357. The highest BCUT2D eigenvalue weighted by molar-refractivity contribution is 9.10. The van der Waals surface area contributed by atoms with Crippen LogP contribution in [0, 0.1) is 25.5 Å². The van der Waals surface area contributed by atoms with E-state index in [0.29, 0.717) is 5.76 Å². The van der Waals surface area contributed by atoms with E-state index in [2.05, 4.69) is 26.4 Å². The highest BCUT2D eigenvalue weighted by Gasteiger charge is 2.18. The highest BCUT2D eigenvalue weighted by Crippen LogP contribution is 2.24. The fourth-order valence-corrected chi connectivity index (χ4v) is 2.57. The van der Waals surface area contributed by atoms with E-state index in [1.54, 1.807) is 0 Å². The van der Waals surface area contributed by atoms with Crippen LogP contribution < -0.4 is 5.32 Å². The minimum atomic E-state index is -0.580. The first kappa shape index (κ1) is 15.1. The third kappa shape index (κ3) is 2.91. The second kappa shape index (κ2) is 6.01. The summed E-state index contributed by atoms with van der Waals surface area (Å²) in [5.41, 5.74) is 1.71. The Hall–Kier alpha value is -1.27. The molecule has 0 fully saturated rings. The lowest BCUT2D eigenvalue weighted by Gasteiger charge is -2.15. The molecule has 20 heavy (non-hydrogen) atoms. The highest BCUT2D eigenvalue weighted by atomic mass is 79.9. The van der Waals surface area contributed by atoms with Crippen LogP contribution in [0.1, 0.15) is 35.5 Å². The molecule has 108 valence electrons. The molecule has 2 aromatic rings. The van der Waals surface area contributed by atoms with E-state index in [1.165, 1.54) is 12.1 Å². The average Bonchev–Trinajstić information content (AvgIpc) is 2.73. The van der Waals surface area contributed by atoms with Crippen LogP contribution in [0.5, 0.6) is 0 Å². The van der Waals surface area contributed by atoms with Crippen LogP contribution in [0.4, 0.5) is 8.78 Å². The number of nitrogens with zero attached hydrogens (tertiary/aromatic N) is 1. The Balaban J connectivity index is 2.15. The SMILES string of the molecule is Cc1noc(C)c1C(C)NCc1c(F)ccc(Br)c1F. The van der Waals surface area contributed by atoms with Crippen molar-refractivity contribution in [1.82, 2.24) is 10.5 Å². The second-order valence-corrected chi connectivity index (χ2v) is 5.52. The summed E-state index contributed by atoms with van der Waals surface area (Å²) in [5.74, 6) is -0.440. The van der Waals surface area contributed by atoms with Gasteiger partial charge in [0.1, 0.15) is 17.4 Å². The number of nitrogens with one attached hydrogen (secondary N) is 1. The molecule has 1 heterocycles. The number of hydrogen-bond acceptors (Lipinski definition) is 3. The summed E-state index contributed by atoms with van der Waals surface area (Å²) in [5, 5.41) is 6.96. The maximum absolute atomic E-state index is 13.9. The number of hydrogen-bond donors (Lipinski definition) is 1. The Bertz CT molecular complexity index is 608. The van der Waals surface area contributed by atoms with Crippen LogP contribution >= 0.6 is 15.9 Å². The summed E-state index contributed by atoms with van der Waals surface area (Å²) in [7, 11) is 0. The van der Waals surface area contributed by atoms with Gasteiger partial charge < -0.3 is 9.84 Å². The first-order chi connectivity index (χ1) is 9.41. The molecule has 0 bridgehead atoms. The minimum absolute atomic E-state index is 0.0120. The molecule has 0 aliphatic rings. The lowest BCUT2D eigenvalue weighted by atomic mass is 10.1. The molecule has 0 amide bonds. The number of benzene rings is 1. The van der Waals surface area contributed by atoms with Gasteiger partial charge in [-0.3, -0.25) is 0 Å².